The van der Waals surface area contributed by atoms with E-state index < -0.39 is 0 Å². The third-order valence-corrected chi connectivity index (χ3v) is 5.69. The van der Waals surface area contributed by atoms with Gasteiger partial charge < -0.3 is 5.32 Å². The number of likely N-dealkylation sites (tertiary alicyclic amines) is 1. The van der Waals surface area contributed by atoms with Crippen molar-refractivity contribution in [3.8, 4) is 0 Å². The first-order valence-electron chi connectivity index (χ1n) is 8.32. The molecule has 1 saturated carbocycles. The molecule has 1 N–H and O–H groups in total. The van der Waals surface area contributed by atoms with E-state index in [1.807, 2.05) is 0 Å². The summed E-state index contributed by atoms with van der Waals surface area (Å²) in [4.78, 5) is 2.86. The lowest BCUT2D eigenvalue weighted by atomic mass is 9.84. The number of hydrogen-bond acceptors (Lipinski definition) is 2. The van der Waals surface area contributed by atoms with Gasteiger partial charge in [0.15, 0.2) is 0 Å². The number of nitrogens with zero attached hydrogens (tertiary/aromatic N) is 1. The Labute approximate surface area is 113 Å². The van der Waals surface area contributed by atoms with Crippen molar-refractivity contribution in [2.45, 2.75) is 76.3 Å². The van der Waals surface area contributed by atoms with Crippen LogP contribution in [0.1, 0.15) is 64.7 Å². The second kappa shape index (κ2) is 5.50. The van der Waals surface area contributed by atoms with Gasteiger partial charge in [0.2, 0.25) is 0 Å². The average molecular weight is 250 g/mol. The van der Waals surface area contributed by atoms with Crippen LogP contribution in [0.25, 0.3) is 0 Å². The predicted molar refractivity (Wildman–Crippen MR) is 76.8 cm³/mol. The van der Waals surface area contributed by atoms with Crippen molar-refractivity contribution in [1.29, 1.82) is 0 Å². The maximum absolute atomic E-state index is 3.85. The van der Waals surface area contributed by atoms with Crippen molar-refractivity contribution in [2.75, 3.05) is 19.6 Å². The van der Waals surface area contributed by atoms with E-state index >= 15 is 0 Å². The van der Waals surface area contributed by atoms with E-state index in [9.17, 15) is 0 Å². The van der Waals surface area contributed by atoms with E-state index in [-0.39, 0.29) is 0 Å². The van der Waals surface area contributed by atoms with Crippen molar-refractivity contribution in [3.05, 3.63) is 0 Å². The Kier molecular flexibility index (Phi) is 3.95. The van der Waals surface area contributed by atoms with Crippen molar-refractivity contribution in [3.63, 3.8) is 0 Å². The molecule has 2 aliphatic heterocycles. The van der Waals surface area contributed by atoms with E-state index in [1.54, 1.807) is 0 Å². The van der Waals surface area contributed by atoms with Gasteiger partial charge >= 0.3 is 0 Å². The number of fused-ring (bicyclic) bond motifs is 1. The molecule has 3 fully saturated rings. The maximum atomic E-state index is 3.85. The SMILES string of the molecule is CCCC1(CN2CCC3CCCCC32)CCCN1. The molecular formula is C16H30N2. The topological polar surface area (TPSA) is 15.3 Å². The van der Waals surface area contributed by atoms with Gasteiger partial charge in [-0.15, -0.1) is 0 Å². The first kappa shape index (κ1) is 12.9. The summed E-state index contributed by atoms with van der Waals surface area (Å²) in [6.07, 6.45) is 12.9. The first-order chi connectivity index (χ1) is 8.83. The number of nitrogens with one attached hydrogen (secondary N) is 1. The third kappa shape index (κ3) is 2.46. The monoisotopic (exact) mass is 250 g/mol. The van der Waals surface area contributed by atoms with Crippen molar-refractivity contribution >= 4 is 0 Å². The molecule has 2 saturated heterocycles. The van der Waals surface area contributed by atoms with Gasteiger partial charge in [0.05, 0.1) is 0 Å². The summed E-state index contributed by atoms with van der Waals surface area (Å²) in [5, 5.41) is 3.85. The van der Waals surface area contributed by atoms with E-state index in [0.29, 0.717) is 5.54 Å². The second-order valence-corrected chi connectivity index (χ2v) is 6.93. The summed E-state index contributed by atoms with van der Waals surface area (Å²) < 4.78 is 0. The van der Waals surface area contributed by atoms with E-state index in [0.717, 1.165) is 12.0 Å². The number of hydrogen-bond donors (Lipinski definition) is 1. The van der Waals surface area contributed by atoms with Crippen LogP contribution >= 0.6 is 0 Å². The summed E-state index contributed by atoms with van der Waals surface area (Å²) in [5.41, 5.74) is 0.473. The van der Waals surface area contributed by atoms with Crippen LogP contribution in [0.15, 0.2) is 0 Å². The molecule has 104 valence electrons. The Hall–Kier alpha value is -0.0800. The molecule has 3 atom stereocenters. The third-order valence-electron chi connectivity index (χ3n) is 5.69. The zero-order valence-corrected chi connectivity index (χ0v) is 12.1. The molecule has 2 heterocycles. The molecule has 3 rings (SSSR count). The highest BCUT2D eigenvalue weighted by Gasteiger charge is 2.41. The Morgan fingerprint density at radius 3 is 2.83 bits per heavy atom. The highest BCUT2D eigenvalue weighted by molar-refractivity contribution is 4.99. The molecule has 0 spiro atoms. The molecule has 0 aromatic carbocycles. The van der Waals surface area contributed by atoms with Crippen molar-refractivity contribution in [2.24, 2.45) is 5.92 Å². The van der Waals surface area contributed by atoms with Crippen molar-refractivity contribution < 1.29 is 0 Å². The van der Waals surface area contributed by atoms with E-state index in [4.69, 9.17) is 0 Å². The fourth-order valence-corrected chi connectivity index (χ4v) is 4.86. The smallest absolute Gasteiger partial charge is 0.0309 e. The summed E-state index contributed by atoms with van der Waals surface area (Å²) >= 11 is 0. The van der Waals surface area contributed by atoms with Crippen LogP contribution in [0, 0.1) is 5.92 Å². The summed E-state index contributed by atoms with van der Waals surface area (Å²) in [6.45, 7) is 6.31. The first-order valence-corrected chi connectivity index (χ1v) is 8.32. The molecule has 2 heteroatoms. The van der Waals surface area contributed by atoms with Gasteiger partial charge in [-0.25, -0.2) is 0 Å². The van der Waals surface area contributed by atoms with Crippen LogP contribution in [0.3, 0.4) is 0 Å². The van der Waals surface area contributed by atoms with Crippen LogP contribution in [-0.4, -0.2) is 36.1 Å². The highest BCUT2D eigenvalue weighted by atomic mass is 15.2. The predicted octanol–water partition coefficient (Wildman–Crippen LogP) is 3.17. The van der Waals surface area contributed by atoms with Crippen LogP contribution < -0.4 is 5.32 Å². The molecule has 3 unspecified atom stereocenters. The van der Waals surface area contributed by atoms with Crippen LogP contribution in [0.2, 0.25) is 0 Å². The zero-order chi connectivity index (χ0) is 12.4. The molecule has 0 bridgehead atoms. The van der Waals surface area contributed by atoms with Crippen molar-refractivity contribution in [1.82, 2.24) is 10.2 Å². The number of rotatable bonds is 4. The van der Waals surface area contributed by atoms with Gasteiger partial charge in [-0.1, -0.05) is 26.2 Å². The highest BCUT2D eigenvalue weighted by Crippen LogP contribution is 2.38. The standard InChI is InChI=1S/C16H30N2/c1-2-9-16(10-5-11-17-16)13-18-12-8-14-6-3-4-7-15(14)18/h14-15,17H,2-13H2,1H3. The van der Waals surface area contributed by atoms with Crippen LogP contribution in [-0.2, 0) is 0 Å². The zero-order valence-electron chi connectivity index (χ0n) is 12.1. The Balaban J connectivity index is 1.64. The molecule has 2 nitrogen and oxygen atoms in total. The minimum absolute atomic E-state index is 0.473. The maximum Gasteiger partial charge on any atom is 0.0309 e. The fourth-order valence-electron chi connectivity index (χ4n) is 4.86. The fraction of sp³-hybridized carbons (Fsp3) is 1.00. The summed E-state index contributed by atoms with van der Waals surface area (Å²) in [6, 6.07) is 0.940. The Morgan fingerprint density at radius 1 is 1.17 bits per heavy atom. The van der Waals surface area contributed by atoms with Gasteiger partial charge in [-0.2, -0.15) is 0 Å². The molecule has 0 radical (unpaired) electrons. The van der Waals surface area contributed by atoms with Gasteiger partial charge in [0.1, 0.15) is 0 Å². The lowest BCUT2D eigenvalue weighted by molar-refractivity contribution is 0.134. The van der Waals surface area contributed by atoms with Gasteiger partial charge in [-0.3, -0.25) is 4.90 Å². The minimum Gasteiger partial charge on any atom is -0.310 e. The molecule has 18 heavy (non-hydrogen) atoms. The lowest BCUT2D eigenvalue weighted by Gasteiger charge is -2.39. The van der Waals surface area contributed by atoms with Crippen LogP contribution in [0.4, 0.5) is 0 Å². The van der Waals surface area contributed by atoms with E-state index in [1.165, 1.54) is 77.4 Å². The second-order valence-electron chi connectivity index (χ2n) is 6.93. The van der Waals surface area contributed by atoms with Gasteiger partial charge in [-0.05, 0) is 57.5 Å². The molecular weight excluding hydrogens is 220 g/mol. The lowest BCUT2D eigenvalue weighted by Crippen LogP contribution is -2.51. The average Bonchev–Trinajstić information content (AvgIpc) is 2.99. The summed E-state index contributed by atoms with van der Waals surface area (Å²) in [7, 11) is 0. The van der Waals surface area contributed by atoms with Gasteiger partial charge in [0.25, 0.3) is 0 Å². The molecule has 1 aliphatic carbocycles. The minimum atomic E-state index is 0.473. The van der Waals surface area contributed by atoms with E-state index in [2.05, 4.69) is 17.1 Å². The quantitative estimate of drug-likeness (QED) is 0.824. The van der Waals surface area contributed by atoms with Gasteiger partial charge in [0, 0.05) is 18.1 Å². The molecule has 3 aliphatic rings. The largest absolute Gasteiger partial charge is 0.310 e. The molecule has 0 aromatic heterocycles. The normalized spacial score (nSPS) is 41.2. The Morgan fingerprint density at radius 2 is 2.06 bits per heavy atom. The molecule has 0 aromatic rings. The Bertz CT molecular complexity index is 270. The summed E-state index contributed by atoms with van der Waals surface area (Å²) in [5.74, 6) is 1.04. The van der Waals surface area contributed by atoms with Crippen LogP contribution in [0.5, 0.6) is 0 Å². The molecule has 0 amide bonds.